The molecule has 0 amide bonds. The summed E-state index contributed by atoms with van der Waals surface area (Å²) >= 11 is 3.63. The fourth-order valence-corrected chi connectivity index (χ4v) is 3.45. The van der Waals surface area contributed by atoms with Crippen LogP contribution in [0.25, 0.3) is 0 Å². The molecule has 2 aromatic rings. The number of nitrogens with zero attached hydrogens (tertiary/aromatic N) is 1. The molecule has 0 aliphatic carbocycles. The van der Waals surface area contributed by atoms with Crippen molar-refractivity contribution in [2.24, 2.45) is 5.73 Å². The average Bonchev–Trinajstić information content (AvgIpc) is 2.76. The molecule has 17 heavy (non-hydrogen) atoms. The minimum absolute atomic E-state index is 0.613. The van der Waals surface area contributed by atoms with Gasteiger partial charge in [-0.2, -0.15) is 0 Å². The zero-order chi connectivity index (χ0) is 12.1. The number of thioether (sulfide) groups is 1. The van der Waals surface area contributed by atoms with Gasteiger partial charge in [0.25, 0.3) is 0 Å². The monoisotopic (exact) mass is 264 g/mol. The third-order valence-electron chi connectivity index (χ3n) is 2.58. The average molecular weight is 264 g/mol. The van der Waals surface area contributed by atoms with E-state index in [1.807, 2.05) is 17.3 Å². The van der Waals surface area contributed by atoms with E-state index in [2.05, 4.69) is 36.2 Å². The summed E-state index contributed by atoms with van der Waals surface area (Å²) in [6, 6.07) is 8.45. The molecule has 0 saturated heterocycles. The van der Waals surface area contributed by atoms with Gasteiger partial charge in [-0.05, 0) is 31.0 Å². The summed E-state index contributed by atoms with van der Waals surface area (Å²) in [5, 5.41) is 0. The molecule has 4 heteroatoms. The highest BCUT2D eigenvalue weighted by atomic mass is 32.2. The van der Waals surface area contributed by atoms with Crippen LogP contribution in [0.2, 0.25) is 0 Å². The van der Waals surface area contributed by atoms with Crippen molar-refractivity contribution in [2.75, 3.05) is 5.75 Å². The predicted octanol–water partition coefficient (Wildman–Crippen LogP) is 3.25. The van der Waals surface area contributed by atoms with Crippen LogP contribution in [0.1, 0.15) is 16.1 Å². The van der Waals surface area contributed by atoms with Gasteiger partial charge < -0.3 is 5.73 Å². The number of aromatic nitrogens is 1. The van der Waals surface area contributed by atoms with Crippen LogP contribution >= 0.6 is 23.1 Å². The van der Waals surface area contributed by atoms with E-state index in [0.29, 0.717) is 6.54 Å². The smallest absolute Gasteiger partial charge is 0.0797 e. The molecule has 0 atom stereocenters. The molecule has 90 valence electrons. The summed E-state index contributed by atoms with van der Waals surface area (Å²) in [4.78, 5) is 6.96. The number of nitrogens with two attached hydrogens (primary N) is 1. The Labute approximate surface area is 110 Å². The van der Waals surface area contributed by atoms with Gasteiger partial charge in [0.15, 0.2) is 0 Å². The summed E-state index contributed by atoms with van der Waals surface area (Å²) in [6.45, 7) is 2.69. The van der Waals surface area contributed by atoms with Gasteiger partial charge in [-0.15, -0.1) is 23.1 Å². The van der Waals surface area contributed by atoms with E-state index in [9.17, 15) is 0 Å². The Morgan fingerprint density at radius 2 is 2.29 bits per heavy atom. The Bertz CT molecular complexity index is 480. The first-order chi connectivity index (χ1) is 8.29. The lowest BCUT2D eigenvalue weighted by atomic mass is 10.2. The van der Waals surface area contributed by atoms with Crippen LogP contribution in [-0.2, 0) is 13.0 Å². The summed E-state index contributed by atoms with van der Waals surface area (Å²) in [5.41, 5.74) is 9.92. The molecule has 0 unspecified atom stereocenters. The fourth-order valence-electron chi connectivity index (χ4n) is 1.59. The van der Waals surface area contributed by atoms with Crippen molar-refractivity contribution in [1.82, 2.24) is 4.98 Å². The molecule has 0 saturated carbocycles. The molecule has 0 aliphatic rings. The van der Waals surface area contributed by atoms with Crippen molar-refractivity contribution in [2.45, 2.75) is 24.8 Å². The van der Waals surface area contributed by atoms with Crippen LogP contribution in [-0.4, -0.2) is 10.7 Å². The second-order valence-electron chi connectivity index (χ2n) is 3.81. The molecule has 1 aromatic carbocycles. The van der Waals surface area contributed by atoms with Crippen molar-refractivity contribution in [3.05, 3.63) is 45.9 Å². The number of hydrogen-bond acceptors (Lipinski definition) is 4. The summed E-state index contributed by atoms with van der Waals surface area (Å²) in [7, 11) is 0. The van der Waals surface area contributed by atoms with Crippen LogP contribution < -0.4 is 5.73 Å². The van der Waals surface area contributed by atoms with Gasteiger partial charge >= 0.3 is 0 Å². The number of benzene rings is 1. The maximum Gasteiger partial charge on any atom is 0.0797 e. The van der Waals surface area contributed by atoms with E-state index < -0.39 is 0 Å². The minimum Gasteiger partial charge on any atom is -0.326 e. The molecule has 1 heterocycles. The van der Waals surface area contributed by atoms with Crippen LogP contribution in [0.15, 0.2) is 34.7 Å². The SMILES string of the molecule is Cc1ncsc1CCSc1cccc(CN)c1. The van der Waals surface area contributed by atoms with E-state index in [1.165, 1.54) is 21.0 Å². The Kier molecular flexibility index (Phi) is 4.59. The molecular weight excluding hydrogens is 248 g/mol. The number of aryl methyl sites for hydroxylation is 2. The van der Waals surface area contributed by atoms with Crippen LogP contribution in [0.4, 0.5) is 0 Å². The highest BCUT2D eigenvalue weighted by Gasteiger charge is 2.02. The number of thiazole rings is 1. The van der Waals surface area contributed by atoms with Crippen LogP contribution in [0.5, 0.6) is 0 Å². The first-order valence-electron chi connectivity index (χ1n) is 5.60. The van der Waals surface area contributed by atoms with Crippen molar-refractivity contribution >= 4 is 23.1 Å². The molecule has 0 aliphatic heterocycles. The molecule has 2 N–H and O–H groups in total. The molecule has 0 bridgehead atoms. The summed E-state index contributed by atoms with van der Waals surface area (Å²) in [5.74, 6) is 1.09. The van der Waals surface area contributed by atoms with Gasteiger partial charge in [0.1, 0.15) is 0 Å². The lowest BCUT2D eigenvalue weighted by Crippen LogP contribution is -1.95. The third-order valence-corrected chi connectivity index (χ3v) is 4.57. The second kappa shape index (κ2) is 6.19. The molecule has 1 aromatic heterocycles. The Balaban J connectivity index is 1.87. The van der Waals surface area contributed by atoms with Gasteiger partial charge in [0, 0.05) is 22.1 Å². The van der Waals surface area contributed by atoms with E-state index in [1.54, 1.807) is 11.3 Å². The molecule has 2 nitrogen and oxygen atoms in total. The largest absolute Gasteiger partial charge is 0.326 e. The molecule has 0 spiro atoms. The lowest BCUT2D eigenvalue weighted by molar-refractivity contribution is 1.06. The van der Waals surface area contributed by atoms with Gasteiger partial charge in [0.2, 0.25) is 0 Å². The predicted molar refractivity (Wildman–Crippen MR) is 75.6 cm³/mol. The van der Waals surface area contributed by atoms with Crippen LogP contribution in [0.3, 0.4) is 0 Å². The molecular formula is C13H16N2S2. The highest BCUT2D eigenvalue weighted by Crippen LogP contribution is 2.22. The zero-order valence-corrected chi connectivity index (χ0v) is 11.5. The van der Waals surface area contributed by atoms with Crippen molar-refractivity contribution < 1.29 is 0 Å². The van der Waals surface area contributed by atoms with Crippen molar-refractivity contribution in [3.8, 4) is 0 Å². The van der Waals surface area contributed by atoms with Gasteiger partial charge in [-0.25, -0.2) is 4.98 Å². The standard InChI is InChI=1S/C13H16N2S2/c1-10-13(17-9-15-10)5-6-16-12-4-2-3-11(7-12)8-14/h2-4,7,9H,5-6,8,14H2,1H3. The Hall–Kier alpha value is -0.840. The summed E-state index contributed by atoms with van der Waals surface area (Å²) < 4.78 is 0. The number of hydrogen-bond donors (Lipinski definition) is 1. The highest BCUT2D eigenvalue weighted by molar-refractivity contribution is 7.99. The normalized spacial score (nSPS) is 10.7. The third kappa shape index (κ3) is 3.56. The zero-order valence-electron chi connectivity index (χ0n) is 9.85. The van der Waals surface area contributed by atoms with Gasteiger partial charge in [0.05, 0.1) is 11.2 Å². The molecule has 2 rings (SSSR count). The summed E-state index contributed by atoms with van der Waals surface area (Å²) in [6.07, 6.45) is 1.09. The molecule has 0 radical (unpaired) electrons. The van der Waals surface area contributed by atoms with E-state index in [-0.39, 0.29) is 0 Å². The van der Waals surface area contributed by atoms with Crippen molar-refractivity contribution in [1.29, 1.82) is 0 Å². The van der Waals surface area contributed by atoms with E-state index >= 15 is 0 Å². The maximum absolute atomic E-state index is 5.63. The van der Waals surface area contributed by atoms with Crippen molar-refractivity contribution in [3.63, 3.8) is 0 Å². The van der Waals surface area contributed by atoms with Crippen LogP contribution in [0, 0.1) is 6.92 Å². The number of rotatable bonds is 5. The maximum atomic E-state index is 5.63. The quantitative estimate of drug-likeness (QED) is 0.843. The van der Waals surface area contributed by atoms with Gasteiger partial charge in [-0.3, -0.25) is 0 Å². The first kappa shape index (κ1) is 12.6. The Morgan fingerprint density at radius 3 is 3.00 bits per heavy atom. The fraction of sp³-hybridized carbons (Fsp3) is 0.308. The first-order valence-corrected chi connectivity index (χ1v) is 7.47. The second-order valence-corrected chi connectivity index (χ2v) is 5.92. The van der Waals surface area contributed by atoms with Gasteiger partial charge in [-0.1, -0.05) is 12.1 Å². The topological polar surface area (TPSA) is 38.9 Å². The molecule has 0 fully saturated rings. The van der Waals surface area contributed by atoms with E-state index in [4.69, 9.17) is 5.73 Å². The minimum atomic E-state index is 0.613. The van der Waals surface area contributed by atoms with E-state index in [0.717, 1.165) is 12.2 Å². The Morgan fingerprint density at radius 1 is 1.41 bits per heavy atom. The lowest BCUT2D eigenvalue weighted by Gasteiger charge is -2.03.